The van der Waals surface area contributed by atoms with Crippen molar-refractivity contribution in [2.24, 2.45) is 0 Å². The lowest BCUT2D eigenvalue weighted by atomic mass is 9.98. The lowest BCUT2D eigenvalue weighted by molar-refractivity contribution is -0.337. The molecule has 9 atom stereocenters. The van der Waals surface area contributed by atoms with Gasteiger partial charge in [0.1, 0.15) is 24.4 Å². The summed E-state index contributed by atoms with van der Waals surface area (Å²) in [5.41, 5.74) is 0. The SMILES string of the molecule is CCO[C@@H]1O[C@H](C)[C@@H](O[C@H]2C[C@@H](OC)[C@H](O)[C@@H](C)O2)[C@@H](OC)[C@H]1O. The Kier molecular flexibility index (Phi) is 7.39. The Morgan fingerprint density at radius 2 is 1.67 bits per heavy atom. The Balaban J connectivity index is 2.04. The van der Waals surface area contributed by atoms with Gasteiger partial charge in [0.2, 0.25) is 0 Å². The monoisotopic (exact) mass is 350 g/mol. The number of aliphatic hydroxyl groups excluding tert-OH is 2. The third-order valence-corrected chi connectivity index (χ3v) is 4.62. The van der Waals surface area contributed by atoms with Crippen molar-refractivity contribution in [1.82, 2.24) is 0 Å². The van der Waals surface area contributed by atoms with E-state index in [1.54, 1.807) is 14.0 Å². The van der Waals surface area contributed by atoms with E-state index in [0.717, 1.165) is 0 Å². The number of rotatable bonds is 6. The molecule has 0 bridgehead atoms. The number of aliphatic hydroxyl groups is 2. The molecular formula is C16H30O8. The first-order valence-corrected chi connectivity index (χ1v) is 8.42. The van der Waals surface area contributed by atoms with Crippen LogP contribution in [0.1, 0.15) is 27.2 Å². The first-order valence-electron chi connectivity index (χ1n) is 8.42. The van der Waals surface area contributed by atoms with Crippen LogP contribution in [0.3, 0.4) is 0 Å². The number of hydrogen-bond acceptors (Lipinski definition) is 8. The van der Waals surface area contributed by atoms with Gasteiger partial charge >= 0.3 is 0 Å². The predicted octanol–water partition coefficient (Wildman–Crippen LogP) is 0.0396. The maximum absolute atomic E-state index is 10.4. The van der Waals surface area contributed by atoms with Gasteiger partial charge in [-0.1, -0.05) is 0 Å². The highest BCUT2D eigenvalue weighted by Gasteiger charge is 2.47. The van der Waals surface area contributed by atoms with E-state index >= 15 is 0 Å². The summed E-state index contributed by atoms with van der Waals surface area (Å²) in [6.07, 6.45) is -4.94. The zero-order valence-corrected chi connectivity index (χ0v) is 15.0. The van der Waals surface area contributed by atoms with Crippen LogP contribution in [-0.2, 0) is 28.4 Å². The fraction of sp³-hybridized carbons (Fsp3) is 1.00. The van der Waals surface area contributed by atoms with E-state index in [2.05, 4.69) is 0 Å². The molecule has 2 fully saturated rings. The maximum Gasteiger partial charge on any atom is 0.186 e. The molecule has 2 N–H and O–H groups in total. The van der Waals surface area contributed by atoms with Crippen LogP contribution >= 0.6 is 0 Å². The molecule has 8 heteroatoms. The van der Waals surface area contributed by atoms with E-state index < -0.39 is 43.1 Å². The fourth-order valence-electron chi connectivity index (χ4n) is 3.25. The maximum atomic E-state index is 10.4. The molecule has 0 radical (unpaired) electrons. The lowest BCUT2D eigenvalue weighted by Crippen LogP contribution is -2.60. The second-order valence-corrected chi connectivity index (χ2v) is 6.23. The third-order valence-electron chi connectivity index (χ3n) is 4.62. The molecule has 2 heterocycles. The van der Waals surface area contributed by atoms with Crippen molar-refractivity contribution in [3.63, 3.8) is 0 Å². The van der Waals surface area contributed by atoms with Crippen molar-refractivity contribution in [1.29, 1.82) is 0 Å². The average Bonchev–Trinajstić information content (AvgIpc) is 2.55. The second kappa shape index (κ2) is 8.86. The van der Waals surface area contributed by atoms with Crippen molar-refractivity contribution >= 4 is 0 Å². The number of methoxy groups -OCH3 is 2. The van der Waals surface area contributed by atoms with Crippen LogP contribution < -0.4 is 0 Å². The molecule has 2 rings (SSSR count). The fourth-order valence-corrected chi connectivity index (χ4v) is 3.25. The summed E-state index contributed by atoms with van der Waals surface area (Å²) in [5.74, 6) is 0. The minimum Gasteiger partial charge on any atom is -0.388 e. The summed E-state index contributed by atoms with van der Waals surface area (Å²) < 4.78 is 33.6. The average molecular weight is 350 g/mol. The predicted molar refractivity (Wildman–Crippen MR) is 83.4 cm³/mol. The molecule has 0 aromatic heterocycles. The zero-order chi connectivity index (χ0) is 17.9. The molecule has 2 aliphatic rings. The van der Waals surface area contributed by atoms with E-state index in [1.807, 2.05) is 13.8 Å². The molecule has 0 saturated carbocycles. The van der Waals surface area contributed by atoms with Gasteiger partial charge in [-0.2, -0.15) is 0 Å². The molecular weight excluding hydrogens is 320 g/mol. The van der Waals surface area contributed by atoms with Crippen LogP contribution in [-0.4, -0.2) is 86.3 Å². The third kappa shape index (κ3) is 4.25. The van der Waals surface area contributed by atoms with Gasteiger partial charge in [-0.05, 0) is 20.8 Å². The molecule has 0 amide bonds. The van der Waals surface area contributed by atoms with E-state index in [0.29, 0.717) is 13.0 Å². The zero-order valence-electron chi connectivity index (χ0n) is 15.0. The van der Waals surface area contributed by atoms with Crippen LogP contribution in [0.15, 0.2) is 0 Å². The molecule has 142 valence electrons. The van der Waals surface area contributed by atoms with Gasteiger partial charge in [0.05, 0.1) is 18.3 Å². The van der Waals surface area contributed by atoms with Crippen LogP contribution in [0, 0.1) is 0 Å². The van der Waals surface area contributed by atoms with Crippen molar-refractivity contribution in [3.8, 4) is 0 Å². The highest BCUT2D eigenvalue weighted by molar-refractivity contribution is 4.91. The number of ether oxygens (including phenoxy) is 6. The van der Waals surface area contributed by atoms with Gasteiger partial charge in [-0.15, -0.1) is 0 Å². The molecule has 0 aromatic carbocycles. The largest absolute Gasteiger partial charge is 0.388 e. The topological polar surface area (TPSA) is 95.8 Å². The molecule has 2 aliphatic heterocycles. The summed E-state index contributed by atoms with van der Waals surface area (Å²) in [6.45, 7) is 5.86. The van der Waals surface area contributed by atoms with Crippen LogP contribution in [0.25, 0.3) is 0 Å². The van der Waals surface area contributed by atoms with E-state index in [1.165, 1.54) is 7.11 Å². The van der Waals surface area contributed by atoms with E-state index in [-0.39, 0.29) is 12.2 Å². The van der Waals surface area contributed by atoms with Crippen molar-refractivity contribution in [2.75, 3.05) is 20.8 Å². The van der Waals surface area contributed by atoms with Crippen LogP contribution in [0.2, 0.25) is 0 Å². The second-order valence-electron chi connectivity index (χ2n) is 6.23. The summed E-state index contributed by atoms with van der Waals surface area (Å²) >= 11 is 0. The summed E-state index contributed by atoms with van der Waals surface area (Å²) in [5, 5.41) is 20.4. The highest BCUT2D eigenvalue weighted by Crippen LogP contribution is 2.30. The van der Waals surface area contributed by atoms with Gasteiger partial charge in [-0.3, -0.25) is 0 Å². The first-order chi connectivity index (χ1) is 11.4. The van der Waals surface area contributed by atoms with Gasteiger partial charge in [-0.25, -0.2) is 0 Å². The van der Waals surface area contributed by atoms with Gasteiger partial charge < -0.3 is 38.6 Å². The Hall–Kier alpha value is -0.320. The van der Waals surface area contributed by atoms with Gasteiger partial charge in [0.15, 0.2) is 12.6 Å². The highest BCUT2D eigenvalue weighted by atomic mass is 16.7. The summed E-state index contributed by atoms with van der Waals surface area (Å²) in [4.78, 5) is 0. The van der Waals surface area contributed by atoms with Gasteiger partial charge in [0, 0.05) is 27.2 Å². The van der Waals surface area contributed by atoms with Crippen molar-refractivity contribution < 1.29 is 38.6 Å². The van der Waals surface area contributed by atoms with Gasteiger partial charge in [0.25, 0.3) is 0 Å². The molecule has 0 aliphatic carbocycles. The number of hydrogen-bond donors (Lipinski definition) is 2. The smallest absolute Gasteiger partial charge is 0.186 e. The minimum atomic E-state index is -0.971. The Morgan fingerprint density at radius 3 is 2.25 bits per heavy atom. The van der Waals surface area contributed by atoms with E-state index in [4.69, 9.17) is 28.4 Å². The molecule has 0 spiro atoms. The molecule has 8 nitrogen and oxygen atoms in total. The normalized spacial score (nSPS) is 46.9. The Bertz CT molecular complexity index is 381. The van der Waals surface area contributed by atoms with Crippen LogP contribution in [0.5, 0.6) is 0 Å². The molecule has 0 aromatic rings. The van der Waals surface area contributed by atoms with Crippen molar-refractivity contribution in [3.05, 3.63) is 0 Å². The molecule has 0 unspecified atom stereocenters. The summed E-state index contributed by atoms with van der Waals surface area (Å²) in [6, 6.07) is 0. The van der Waals surface area contributed by atoms with Crippen LogP contribution in [0.4, 0.5) is 0 Å². The standard InChI is InChI=1S/C16H30O8/c1-6-21-16-13(18)15(20-5)14(9(3)23-16)24-11-7-10(19-4)12(17)8(2)22-11/h8-18H,6-7H2,1-5H3/t8-,9-,10-,11+,12-,13-,14-,15+,16-/m1/s1. The lowest BCUT2D eigenvalue weighted by Gasteiger charge is -2.45. The Labute approximate surface area is 142 Å². The van der Waals surface area contributed by atoms with E-state index in [9.17, 15) is 10.2 Å². The Morgan fingerprint density at radius 1 is 0.958 bits per heavy atom. The molecule has 24 heavy (non-hydrogen) atoms. The summed E-state index contributed by atoms with van der Waals surface area (Å²) in [7, 11) is 3.06. The minimum absolute atomic E-state index is 0.360. The van der Waals surface area contributed by atoms with Crippen molar-refractivity contribution in [2.45, 2.75) is 82.5 Å². The molecule has 2 saturated heterocycles. The first kappa shape index (κ1) is 20.0. The quantitative estimate of drug-likeness (QED) is 0.693.